The van der Waals surface area contributed by atoms with Crippen LogP contribution in [0.5, 0.6) is 0 Å². The topological polar surface area (TPSA) is 58.2 Å². The van der Waals surface area contributed by atoms with Gasteiger partial charge in [0.25, 0.3) is 0 Å². The summed E-state index contributed by atoms with van der Waals surface area (Å²) in [6.07, 6.45) is 5.48. The maximum absolute atomic E-state index is 9.38. The summed E-state index contributed by atoms with van der Waals surface area (Å²) in [5.74, 6) is 2.74. The second-order valence-corrected chi connectivity index (χ2v) is 19.6. The Kier molecular flexibility index (Phi) is 21.0. The summed E-state index contributed by atoms with van der Waals surface area (Å²) in [6, 6.07) is 40.7. The number of halogens is 2. The van der Waals surface area contributed by atoms with Crippen LogP contribution in [0.3, 0.4) is 0 Å². The molecule has 0 aliphatic carbocycles. The van der Waals surface area contributed by atoms with Gasteiger partial charge >= 0.3 is 45.4 Å². The van der Waals surface area contributed by atoms with Crippen molar-refractivity contribution in [1.82, 2.24) is 10.5 Å². The first kappa shape index (κ1) is 46.9. The summed E-state index contributed by atoms with van der Waals surface area (Å²) < 4.78 is 0. The third-order valence-electron chi connectivity index (χ3n) is 9.08. The Bertz CT molecular complexity index is 1920. The second kappa shape index (κ2) is 25.0. The molecule has 8 heteroatoms. The fraction of sp³-hybridized carbons (Fsp3) is 0.333. The zero-order chi connectivity index (χ0) is 41.0. The van der Waals surface area contributed by atoms with Crippen LogP contribution < -0.4 is 10.5 Å². The van der Waals surface area contributed by atoms with Crippen molar-refractivity contribution >= 4 is 58.9 Å². The molecule has 6 aromatic carbocycles. The molecule has 0 aliphatic heterocycles. The van der Waals surface area contributed by atoms with Crippen molar-refractivity contribution in [2.45, 2.75) is 81.1 Å². The van der Waals surface area contributed by atoms with Crippen LogP contribution in [0.2, 0.25) is 0 Å². The first-order valence-electron chi connectivity index (χ1n) is 19.6. The quantitative estimate of drug-likeness (QED) is 0.0496. The van der Waals surface area contributed by atoms with Crippen LogP contribution in [-0.4, -0.2) is 20.4 Å². The fourth-order valence-electron chi connectivity index (χ4n) is 7.16. The number of carbonyl (C=O) groups excluding carboxylic acids is 2. The molecule has 0 saturated heterocycles. The standard InChI is InChI=1S/2C23H27.C2H4BN2O2.2ClH.Zr/c2*1-16(2)12-18-14-20-9-7-11-22(23(20)15-18)21-10-6-5-8-19(21)13-17(3)4;6-1-4-3-5-2-7;;;/h2*5-11,14-17H,12-13H2,1-4H3;1-2H,(H,4,6)(H,5,7);2*1H;/q2*-1;;;;+4/p-2. The molecule has 0 aromatic heterocycles. The number of fused-ring (bicyclic) bond motifs is 2. The number of benzene rings is 4. The molecule has 4 nitrogen and oxygen atoms in total. The Hall–Kier alpha value is -3.43. The number of hydrogen-bond donors (Lipinski definition) is 2. The first-order chi connectivity index (χ1) is 26.9. The predicted octanol–water partition coefficient (Wildman–Crippen LogP) is 12.6. The molecule has 6 rings (SSSR count). The van der Waals surface area contributed by atoms with Crippen LogP contribution in [0, 0.1) is 23.7 Å². The van der Waals surface area contributed by atoms with E-state index in [1.807, 2.05) is 0 Å². The number of rotatable bonds is 14. The van der Waals surface area contributed by atoms with Crippen molar-refractivity contribution in [2.75, 3.05) is 0 Å². The van der Waals surface area contributed by atoms with Gasteiger partial charge in [-0.2, -0.15) is 12.1 Å². The van der Waals surface area contributed by atoms with Crippen LogP contribution >= 0.6 is 17.0 Å². The van der Waals surface area contributed by atoms with Gasteiger partial charge in [0, 0.05) is 0 Å². The second-order valence-electron chi connectivity index (χ2n) is 15.8. The van der Waals surface area contributed by atoms with Crippen LogP contribution in [0.25, 0.3) is 43.8 Å². The molecule has 0 aliphatic rings. The molecule has 0 spiro atoms. The molecule has 0 saturated carbocycles. The summed E-state index contributed by atoms with van der Waals surface area (Å²) in [5, 5.41) is 9.75. The Balaban J connectivity index is 0.000000243. The van der Waals surface area contributed by atoms with Crippen molar-refractivity contribution in [3.63, 3.8) is 0 Å². The van der Waals surface area contributed by atoms with E-state index in [1.165, 1.54) is 66.1 Å². The third kappa shape index (κ3) is 15.1. The molecular formula is C48H58BCl2N2O2Zr. The zero-order valence-electron chi connectivity index (χ0n) is 34.3. The third-order valence-corrected chi connectivity index (χ3v) is 9.08. The Morgan fingerprint density at radius 1 is 0.536 bits per heavy atom. The molecule has 0 unspecified atom stereocenters. The van der Waals surface area contributed by atoms with Gasteiger partial charge in [-0.3, -0.25) is 9.59 Å². The molecule has 2 amide bonds. The summed E-state index contributed by atoms with van der Waals surface area (Å²) in [6.45, 7) is 18.3. The van der Waals surface area contributed by atoms with Crippen LogP contribution in [0.1, 0.15) is 77.6 Å². The van der Waals surface area contributed by atoms with E-state index in [1.54, 1.807) is 0 Å². The predicted molar refractivity (Wildman–Crippen MR) is 240 cm³/mol. The van der Waals surface area contributed by atoms with E-state index in [-0.39, 0.29) is 0 Å². The molecule has 293 valence electrons. The molecule has 2 N–H and O–H groups in total. The fourth-order valence-corrected chi connectivity index (χ4v) is 7.16. The molecule has 0 fully saturated rings. The van der Waals surface area contributed by atoms with E-state index < -0.39 is 20.8 Å². The molecule has 0 bridgehead atoms. The van der Waals surface area contributed by atoms with E-state index >= 15 is 0 Å². The molecule has 0 heterocycles. The van der Waals surface area contributed by atoms with Crippen LogP contribution in [-0.2, 0) is 56.1 Å². The minimum atomic E-state index is -0.826. The van der Waals surface area contributed by atoms with Crippen LogP contribution in [0.4, 0.5) is 0 Å². The number of amides is 2. The Morgan fingerprint density at radius 2 is 0.875 bits per heavy atom. The normalized spacial score (nSPS) is 10.6. The molecule has 6 aromatic rings. The molecule has 0 atom stereocenters. The van der Waals surface area contributed by atoms with Gasteiger partial charge in [-0.15, -0.1) is 69.1 Å². The van der Waals surface area contributed by atoms with E-state index in [9.17, 15) is 9.59 Å². The first-order valence-corrected chi connectivity index (χ1v) is 26.0. The van der Waals surface area contributed by atoms with Gasteiger partial charge in [-0.05, 0) is 71.6 Å². The van der Waals surface area contributed by atoms with Crippen molar-refractivity contribution < 1.29 is 30.4 Å². The number of hydrogen-bond acceptors (Lipinski definition) is 2. The number of nitrogens with one attached hydrogen (secondary N) is 2. The van der Waals surface area contributed by atoms with Crippen molar-refractivity contribution in [2.24, 2.45) is 23.7 Å². The van der Waals surface area contributed by atoms with Gasteiger partial charge in [-0.1, -0.05) is 127 Å². The van der Waals surface area contributed by atoms with Gasteiger partial charge in [0.1, 0.15) is 0 Å². The van der Waals surface area contributed by atoms with E-state index in [4.69, 9.17) is 17.0 Å². The van der Waals surface area contributed by atoms with Crippen molar-refractivity contribution in [3.8, 4) is 22.3 Å². The van der Waals surface area contributed by atoms with Crippen LogP contribution in [0.15, 0.2) is 109 Å². The summed E-state index contributed by atoms with van der Waals surface area (Å²) in [5.41, 5.74) is 11.4. The molecule has 1 radical (unpaired) electrons. The Morgan fingerprint density at radius 3 is 1.21 bits per heavy atom. The maximum atomic E-state index is 9.38. The SMILES string of the molecule is CC(C)Cc1cc2c(-c3ccccc3CC(C)C)cccc2[cH-]1.CC(C)Cc1cc2c(-c3ccccc3CC(C)C)cccc2[cH-]1.O=CN[B]NC=O.[Cl][Zr+2][Cl]. The van der Waals surface area contributed by atoms with E-state index in [2.05, 4.69) is 175 Å². The van der Waals surface area contributed by atoms with E-state index in [0.29, 0.717) is 36.5 Å². The summed E-state index contributed by atoms with van der Waals surface area (Å²) in [7, 11) is 11.0. The molecule has 56 heavy (non-hydrogen) atoms. The average molecular weight is 868 g/mol. The van der Waals surface area contributed by atoms with Gasteiger partial charge < -0.3 is 10.5 Å². The monoisotopic (exact) mass is 865 g/mol. The van der Waals surface area contributed by atoms with Gasteiger partial charge in [0.2, 0.25) is 0 Å². The van der Waals surface area contributed by atoms with Gasteiger partial charge in [0.05, 0.1) is 0 Å². The van der Waals surface area contributed by atoms with Crippen molar-refractivity contribution in [1.29, 1.82) is 0 Å². The molecular weight excluding hydrogens is 809 g/mol. The van der Waals surface area contributed by atoms with Crippen molar-refractivity contribution in [3.05, 3.63) is 131 Å². The van der Waals surface area contributed by atoms with Gasteiger partial charge in [0.15, 0.2) is 12.8 Å². The summed E-state index contributed by atoms with van der Waals surface area (Å²) >= 11 is -0.826. The number of carbonyl (C=O) groups is 2. The average Bonchev–Trinajstić information content (AvgIpc) is 3.75. The summed E-state index contributed by atoms with van der Waals surface area (Å²) in [4.78, 5) is 18.8. The minimum absolute atomic E-state index is 0.455. The van der Waals surface area contributed by atoms with E-state index in [0.717, 1.165) is 33.2 Å². The Labute approximate surface area is 355 Å². The zero-order valence-corrected chi connectivity index (χ0v) is 38.3. The van der Waals surface area contributed by atoms with Gasteiger partial charge in [-0.25, -0.2) is 0 Å².